The number of piperazine rings is 1. The molecule has 1 rings (SSSR count). The molecule has 0 spiro atoms. The van der Waals surface area contributed by atoms with Gasteiger partial charge < -0.3 is 10.2 Å². The predicted octanol–water partition coefficient (Wildman–Crippen LogP) is 1.79. The van der Waals surface area contributed by atoms with Crippen molar-refractivity contribution >= 4 is 11.8 Å². The Labute approximate surface area is 110 Å². The molecule has 0 aromatic carbocycles. The fraction of sp³-hybridized carbons (Fsp3) is 0.857. The van der Waals surface area contributed by atoms with E-state index in [9.17, 15) is 9.59 Å². The van der Waals surface area contributed by atoms with Crippen LogP contribution in [-0.2, 0) is 9.59 Å². The van der Waals surface area contributed by atoms with Gasteiger partial charge in [0.2, 0.25) is 11.8 Å². The van der Waals surface area contributed by atoms with Crippen molar-refractivity contribution < 1.29 is 9.59 Å². The molecule has 1 heterocycles. The Balaban J connectivity index is 2.97. The number of rotatable bonds is 4. The van der Waals surface area contributed by atoms with E-state index in [2.05, 4.69) is 19.2 Å². The smallest absolute Gasteiger partial charge is 0.246 e. The van der Waals surface area contributed by atoms with Crippen LogP contribution >= 0.6 is 0 Å². The minimum Gasteiger partial charge on any atom is -0.342 e. The van der Waals surface area contributed by atoms with Crippen LogP contribution in [0, 0.1) is 11.8 Å². The fourth-order valence-electron chi connectivity index (χ4n) is 2.59. The first-order valence-electron chi connectivity index (χ1n) is 6.88. The molecule has 1 fully saturated rings. The van der Waals surface area contributed by atoms with Gasteiger partial charge in [0, 0.05) is 6.04 Å². The Hall–Kier alpha value is -1.06. The Kier molecular flexibility index (Phi) is 4.77. The molecule has 1 aliphatic heterocycles. The molecule has 0 bridgehead atoms. The summed E-state index contributed by atoms with van der Waals surface area (Å²) in [5.41, 5.74) is 0. The summed E-state index contributed by atoms with van der Waals surface area (Å²) in [5, 5.41) is 2.88. The molecule has 4 heteroatoms. The number of hydrogen-bond donors (Lipinski definition) is 1. The molecule has 0 aromatic heterocycles. The van der Waals surface area contributed by atoms with Gasteiger partial charge >= 0.3 is 0 Å². The summed E-state index contributed by atoms with van der Waals surface area (Å²) in [6.45, 7) is 12.0. The largest absolute Gasteiger partial charge is 0.342 e. The van der Waals surface area contributed by atoms with Crippen molar-refractivity contribution in [2.24, 2.45) is 11.8 Å². The molecule has 0 radical (unpaired) electrons. The quantitative estimate of drug-likeness (QED) is 0.831. The molecule has 0 aromatic rings. The van der Waals surface area contributed by atoms with E-state index in [1.165, 1.54) is 0 Å². The third kappa shape index (κ3) is 3.03. The standard InChI is InChI=1S/C14H26N2O2/c1-8(2)7-11-14(18)16(10(5)6)12(9(3)4)13(17)15-11/h8-12H,7H2,1-6H3,(H,15,17). The lowest BCUT2D eigenvalue weighted by Gasteiger charge is -2.43. The van der Waals surface area contributed by atoms with Gasteiger partial charge in [0.25, 0.3) is 0 Å². The molecule has 1 aliphatic rings. The number of carbonyl (C=O) groups is 2. The lowest BCUT2D eigenvalue weighted by molar-refractivity contribution is -0.153. The van der Waals surface area contributed by atoms with Gasteiger partial charge in [-0.05, 0) is 32.1 Å². The summed E-state index contributed by atoms with van der Waals surface area (Å²) in [7, 11) is 0. The van der Waals surface area contributed by atoms with E-state index in [1.54, 1.807) is 4.90 Å². The van der Waals surface area contributed by atoms with E-state index in [4.69, 9.17) is 0 Å². The van der Waals surface area contributed by atoms with E-state index in [0.29, 0.717) is 12.3 Å². The van der Waals surface area contributed by atoms with Crippen LogP contribution in [0.4, 0.5) is 0 Å². The minimum atomic E-state index is -0.352. The van der Waals surface area contributed by atoms with Gasteiger partial charge in [-0.2, -0.15) is 0 Å². The van der Waals surface area contributed by atoms with Gasteiger partial charge in [0.05, 0.1) is 0 Å². The zero-order valence-electron chi connectivity index (χ0n) is 12.4. The molecule has 1 saturated heterocycles. The monoisotopic (exact) mass is 254 g/mol. The normalized spacial score (nSPS) is 25.3. The maximum atomic E-state index is 12.5. The highest BCUT2D eigenvalue weighted by Gasteiger charge is 2.42. The fourth-order valence-corrected chi connectivity index (χ4v) is 2.59. The van der Waals surface area contributed by atoms with E-state index in [0.717, 1.165) is 0 Å². The Morgan fingerprint density at radius 1 is 1.11 bits per heavy atom. The molecule has 2 unspecified atom stereocenters. The van der Waals surface area contributed by atoms with Crippen molar-refractivity contribution in [2.45, 2.75) is 66.1 Å². The maximum Gasteiger partial charge on any atom is 0.246 e. The van der Waals surface area contributed by atoms with Crippen molar-refractivity contribution in [3.05, 3.63) is 0 Å². The Morgan fingerprint density at radius 2 is 1.67 bits per heavy atom. The molecular formula is C14H26N2O2. The van der Waals surface area contributed by atoms with E-state index in [1.807, 2.05) is 27.7 Å². The average molecular weight is 254 g/mol. The topological polar surface area (TPSA) is 49.4 Å². The SMILES string of the molecule is CC(C)CC1NC(=O)C(C(C)C)N(C(C)C)C1=O. The Bertz CT molecular complexity index is 324. The number of carbonyl (C=O) groups excluding carboxylic acids is 2. The van der Waals surface area contributed by atoms with Crippen molar-refractivity contribution in [3.8, 4) is 0 Å². The van der Waals surface area contributed by atoms with Crippen LogP contribution < -0.4 is 5.32 Å². The molecule has 2 amide bonds. The number of nitrogens with zero attached hydrogens (tertiary/aromatic N) is 1. The van der Waals surface area contributed by atoms with Gasteiger partial charge in [-0.3, -0.25) is 9.59 Å². The van der Waals surface area contributed by atoms with Crippen LogP contribution in [0.5, 0.6) is 0 Å². The lowest BCUT2D eigenvalue weighted by atomic mass is 9.92. The van der Waals surface area contributed by atoms with Crippen LogP contribution in [0.1, 0.15) is 48.0 Å². The molecule has 0 aliphatic carbocycles. The van der Waals surface area contributed by atoms with E-state index < -0.39 is 0 Å². The molecule has 2 atom stereocenters. The van der Waals surface area contributed by atoms with E-state index >= 15 is 0 Å². The van der Waals surface area contributed by atoms with Crippen molar-refractivity contribution in [1.82, 2.24) is 10.2 Å². The van der Waals surface area contributed by atoms with Gasteiger partial charge in [0.15, 0.2) is 0 Å². The summed E-state index contributed by atoms with van der Waals surface area (Å²) in [5.74, 6) is 0.584. The molecule has 18 heavy (non-hydrogen) atoms. The third-order valence-electron chi connectivity index (χ3n) is 3.33. The predicted molar refractivity (Wildman–Crippen MR) is 72.0 cm³/mol. The van der Waals surface area contributed by atoms with Gasteiger partial charge in [-0.25, -0.2) is 0 Å². The van der Waals surface area contributed by atoms with Crippen LogP contribution in [0.3, 0.4) is 0 Å². The van der Waals surface area contributed by atoms with Crippen LogP contribution in [-0.4, -0.2) is 34.8 Å². The first kappa shape index (κ1) is 15.0. The molecule has 0 saturated carbocycles. The first-order valence-corrected chi connectivity index (χ1v) is 6.88. The summed E-state index contributed by atoms with van der Waals surface area (Å²) >= 11 is 0. The highest BCUT2D eigenvalue weighted by molar-refractivity contribution is 5.97. The van der Waals surface area contributed by atoms with Crippen LogP contribution in [0.25, 0.3) is 0 Å². The number of nitrogens with one attached hydrogen (secondary N) is 1. The average Bonchev–Trinajstić information content (AvgIpc) is 2.20. The second kappa shape index (κ2) is 5.72. The molecule has 104 valence electrons. The summed E-state index contributed by atoms with van der Waals surface area (Å²) < 4.78 is 0. The van der Waals surface area contributed by atoms with Gasteiger partial charge in [-0.1, -0.05) is 27.7 Å². The van der Waals surface area contributed by atoms with Crippen molar-refractivity contribution in [1.29, 1.82) is 0 Å². The van der Waals surface area contributed by atoms with Crippen LogP contribution in [0.15, 0.2) is 0 Å². The Morgan fingerprint density at radius 3 is 2.06 bits per heavy atom. The molecule has 4 nitrogen and oxygen atoms in total. The van der Waals surface area contributed by atoms with E-state index in [-0.39, 0.29) is 35.9 Å². The zero-order chi connectivity index (χ0) is 14.0. The molecular weight excluding hydrogens is 228 g/mol. The molecule has 1 N–H and O–H groups in total. The number of amides is 2. The highest BCUT2D eigenvalue weighted by Crippen LogP contribution is 2.22. The summed E-state index contributed by atoms with van der Waals surface area (Å²) in [6.07, 6.45) is 0.707. The summed E-state index contributed by atoms with van der Waals surface area (Å²) in [6, 6.07) is -0.624. The van der Waals surface area contributed by atoms with Crippen molar-refractivity contribution in [2.75, 3.05) is 0 Å². The highest BCUT2D eigenvalue weighted by atomic mass is 16.2. The third-order valence-corrected chi connectivity index (χ3v) is 3.33. The number of hydrogen-bond acceptors (Lipinski definition) is 2. The second-order valence-corrected chi connectivity index (χ2v) is 6.22. The van der Waals surface area contributed by atoms with Crippen LogP contribution in [0.2, 0.25) is 0 Å². The van der Waals surface area contributed by atoms with Crippen molar-refractivity contribution in [3.63, 3.8) is 0 Å². The minimum absolute atomic E-state index is 0.0102. The first-order chi connectivity index (χ1) is 8.25. The van der Waals surface area contributed by atoms with Gasteiger partial charge in [0.1, 0.15) is 12.1 Å². The zero-order valence-corrected chi connectivity index (χ0v) is 12.4. The lowest BCUT2D eigenvalue weighted by Crippen LogP contribution is -2.66. The summed E-state index contributed by atoms with van der Waals surface area (Å²) in [4.78, 5) is 26.4. The van der Waals surface area contributed by atoms with Gasteiger partial charge in [-0.15, -0.1) is 0 Å². The maximum absolute atomic E-state index is 12.5. The second-order valence-electron chi connectivity index (χ2n) is 6.22.